The number of aryl methyl sites for hydroxylation is 2. The van der Waals surface area contributed by atoms with E-state index in [9.17, 15) is 10.1 Å². The number of azo groups is 1. The summed E-state index contributed by atoms with van der Waals surface area (Å²) in [6.45, 7) is 7.16. The van der Waals surface area contributed by atoms with Gasteiger partial charge in [0.2, 0.25) is 0 Å². The molecule has 35 heavy (non-hydrogen) atoms. The van der Waals surface area contributed by atoms with Crippen LogP contribution in [0.4, 0.5) is 22.7 Å². The van der Waals surface area contributed by atoms with Gasteiger partial charge in [0.15, 0.2) is 5.75 Å². The Morgan fingerprint density at radius 1 is 0.857 bits per heavy atom. The van der Waals surface area contributed by atoms with E-state index in [4.69, 9.17) is 4.74 Å². The summed E-state index contributed by atoms with van der Waals surface area (Å²) in [6.07, 6.45) is 1.94. The number of rotatable bonds is 9. The number of nitro groups is 1. The molecular weight excluding hydrogens is 440 g/mol. The average molecular weight is 469 g/mol. The second-order valence-corrected chi connectivity index (χ2v) is 8.05. The van der Waals surface area contributed by atoms with Gasteiger partial charge >= 0.3 is 0 Å². The van der Waals surface area contributed by atoms with Gasteiger partial charge < -0.3 is 10.1 Å². The van der Waals surface area contributed by atoms with Gasteiger partial charge in [-0.1, -0.05) is 38.1 Å². The number of benzene rings is 4. The van der Waals surface area contributed by atoms with Crippen LogP contribution in [0.5, 0.6) is 11.5 Å². The SMILES string of the molecule is CCNc1ccc(N=Nc2ccc([N+](=O)[O-])cc2)c(Oc2cccc3c(CC)c(CC)ccc23)c1. The van der Waals surface area contributed by atoms with Crippen molar-refractivity contribution >= 4 is 33.5 Å². The molecule has 0 amide bonds. The molecule has 4 aromatic carbocycles. The summed E-state index contributed by atoms with van der Waals surface area (Å²) in [5, 5.41) is 25.1. The quantitative estimate of drug-likeness (QED) is 0.151. The monoisotopic (exact) mass is 468 g/mol. The van der Waals surface area contributed by atoms with Crippen molar-refractivity contribution in [1.82, 2.24) is 0 Å². The molecule has 0 heterocycles. The van der Waals surface area contributed by atoms with E-state index < -0.39 is 4.92 Å². The predicted molar refractivity (Wildman–Crippen MR) is 141 cm³/mol. The molecule has 0 saturated heterocycles. The number of nitrogens with one attached hydrogen (secondary N) is 1. The van der Waals surface area contributed by atoms with Gasteiger partial charge in [0.1, 0.15) is 11.4 Å². The number of anilines is 1. The lowest BCUT2D eigenvalue weighted by Crippen LogP contribution is -1.97. The summed E-state index contributed by atoms with van der Waals surface area (Å²) < 4.78 is 6.44. The molecule has 7 nitrogen and oxygen atoms in total. The van der Waals surface area contributed by atoms with Gasteiger partial charge in [-0.05, 0) is 66.6 Å². The van der Waals surface area contributed by atoms with Gasteiger partial charge in [-0.2, -0.15) is 5.11 Å². The maximum absolute atomic E-state index is 10.9. The van der Waals surface area contributed by atoms with Crippen LogP contribution < -0.4 is 10.1 Å². The zero-order valence-electron chi connectivity index (χ0n) is 20.1. The van der Waals surface area contributed by atoms with E-state index in [1.807, 2.05) is 37.3 Å². The second kappa shape index (κ2) is 10.8. The summed E-state index contributed by atoms with van der Waals surface area (Å²) in [6, 6.07) is 22.1. The molecule has 0 fully saturated rings. The minimum atomic E-state index is -0.441. The van der Waals surface area contributed by atoms with Crippen molar-refractivity contribution in [3.8, 4) is 11.5 Å². The first-order chi connectivity index (χ1) is 17.0. The number of hydrogen-bond donors (Lipinski definition) is 1. The molecule has 0 saturated carbocycles. The molecule has 0 aliphatic rings. The summed E-state index contributed by atoms with van der Waals surface area (Å²) in [5.74, 6) is 1.32. The van der Waals surface area contributed by atoms with Gasteiger partial charge in [0.25, 0.3) is 5.69 Å². The average Bonchev–Trinajstić information content (AvgIpc) is 2.88. The van der Waals surface area contributed by atoms with Crippen LogP contribution in [0, 0.1) is 10.1 Å². The van der Waals surface area contributed by atoms with Crippen LogP contribution in [0.2, 0.25) is 0 Å². The largest absolute Gasteiger partial charge is 0.454 e. The molecule has 0 unspecified atom stereocenters. The topological polar surface area (TPSA) is 89.1 Å². The minimum absolute atomic E-state index is 0.0107. The second-order valence-electron chi connectivity index (χ2n) is 8.05. The van der Waals surface area contributed by atoms with Gasteiger partial charge in [-0.15, -0.1) is 5.11 Å². The van der Waals surface area contributed by atoms with E-state index in [0.717, 1.165) is 36.2 Å². The molecule has 0 radical (unpaired) electrons. The number of nitro benzene ring substituents is 1. The normalized spacial score (nSPS) is 11.2. The first-order valence-electron chi connectivity index (χ1n) is 11.8. The Balaban J connectivity index is 1.73. The van der Waals surface area contributed by atoms with Crippen molar-refractivity contribution in [2.24, 2.45) is 10.2 Å². The van der Waals surface area contributed by atoms with Crippen LogP contribution in [0.25, 0.3) is 10.8 Å². The first kappa shape index (κ1) is 23.9. The lowest BCUT2D eigenvalue weighted by molar-refractivity contribution is -0.384. The van der Waals surface area contributed by atoms with Crippen molar-refractivity contribution in [3.63, 3.8) is 0 Å². The maximum Gasteiger partial charge on any atom is 0.269 e. The fraction of sp³-hybridized carbons (Fsp3) is 0.214. The van der Waals surface area contributed by atoms with Crippen LogP contribution in [-0.4, -0.2) is 11.5 Å². The van der Waals surface area contributed by atoms with Crippen molar-refractivity contribution in [2.45, 2.75) is 33.6 Å². The highest BCUT2D eigenvalue weighted by atomic mass is 16.6. The maximum atomic E-state index is 10.9. The highest BCUT2D eigenvalue weighted by molar-refractivity contribution is 5.92. The summed E-state index contributed by atoms with van der Waals surface area (Å²) in [4.78, 5) is 10.5. The van der Waals surface area contributed by atoms with Crippen LogP contribution in [-0.2, 0) is 12.8 Å². The number of nitrogens with zero attached hydrogens (tertiary/aromatic N) is 3. The molecule has 7 heteroatoms. The Morgan fingerprint density at radius 2 is 1.66 bits per heavy atom. The fourth-order valence-electron chi connectivity index (χ4n) is 4.14. The van der Waals surface area contributed by atoms with Crippen LogP contribution in [0.1, 0.15) is 31.9 Å². The molecule has 178 valence electrons. The summed E-state index contributed by atoms with van der Waals surface area (Å²) >= 11 is 0. The molecule has 4 aromatic rings. The Hall–Kier alpha value is -4.26. The zero-order chi connectivity index (χ0) is 24.8. The first-order valence-corrected chi connectivity index (χ1v) is 11.8. The zero-order valence-corrected chi connectivity index (χ0v) is 20.1. The van der Waals surface area contributed by atoms with Crippen LogP contribution in [0.15, 0.2) is 83.0 Å². The third-order valence-corrected chi connectivity index (χ3v) is 5.86. The number of ether oxygens (including phenoxy) is 1. The van der Waals surface area contributed by atoms with E-state index >= 15 is 0 Å². The van der Waals surface area contributed by atoms with Crippen molar-refractivity contribution in [1.29, 1.82) is 0 Å². The van der Waals surface area contributed by atoms with E-state index in [-0.39, 0.29) is 5.69 Å². The Morgan fingerprint density at radius 3 is 2.34 bits per heavy atom. The molecule has 0 spiro atoms. The van der Waals surface area contributed by atoms with E-state index in [2.05, 4.69) is 47.6 Å². The molecule has 4 rings (SSSR count). The smallest absolute Gasteiger partial charge is 0.269 e. The standard InChI is InChI=1S/C28H28N4O3/c1-4-19-10-16-25-24(23(19)5-2)8-7-9-27(25)35-28-18-21(29-6-3)13-17-26(28)31-30-20-11-14-22(15-12-20)32(33)34/h7-18,29H,4-6H2,1-3H3. The summed E-state index contributed by atoms with van der Waals surface area (Å²) in [5.41, 5.74) is 4.69. The van der Waals surface area contributed by atoms with Gasteiger partial charge in [0, 0.05) is 35.8 Å². The molecule has 0 bridgehead atoms. The Kier molecular flexibility index (Phi) is 7.35. The van der Waals surface area contributed by atoms with Crippen molar-refractivity contribution in [3.05, 3.63) is 94.0 Å². The highest BCUT2D eigenvalue weighted by Crippen LogP contribution is 2.39. The summed E-state index contributed by atoms with van der Waals surface area (Å²) in [7, 11) is 0. The Labute approximate surface area is 204 Å². The highest BCUT2D eigenvalue weighted by Gasteiger charge is 2.12. The molecule has 0 aliphatic heterocycles. The third-order valence-electron chi connectivity index (χ3n) is 5.86. The number of non-ortho nitro benzene ring substituents is 1. The molecule has 1 N–H and O–H groups in total. The van der Waals surface area contributed by atoms with Crippen molar-refractivity contribution in [2.75, 3.05) is 11.9 Å². The molecular formula is C28H28N4O3. The Bertz CT molecular complexity index is 1380. The lowest BCUT2D eigenvalue weighted by atomic mass is 9.95. The number of fused-ring (bicyclic) bond motifs is 1. The van der Waals surface area contributed by atoms with E-state index in [0.29, 0.717) is 17.1 Å². The van der Waals surface area contributed by atoms with E-state index in [1.54, 1.807) is 12.1 Å². The van der Waals surface area contributed by atoms with Gasteiger partial charge in [0.05, 0.1) is 10.6 Å². The fourth-order valence-corrected chi connectivity index (χ4v) is 4.14. The predicted octanol–water partition coefficient (Wildman–Crippen LogP) is 8.51. The molecule has 0 aromatic heterocycles. The van der Waals surface area contributed by atoms with Gasteiger partial charge in [-0.3, -0.25) is 10.1 Å². The lowest BCUT2D eigenvalue weighted by Gasteiger charge is -2.15. The van der Waals surface area contributed by atoms with Crippen LogP contribution >= 0.6 is 0 Å². The van der Waals surface area contributed by atoms with Crippen molar-refractivity contribution < 1.29 is 9.66 Å². The molecule has 0 aliphatic carbocycles. The number of hydrogen-bond acceptors (Lipinski definition) is 6. The molecule has 0 atom stereocenters. The van der Waals surface area contributed by atoms with Crippen LogP contribution in [0.3, 0.4) is 0 Å². The van der Waals surface area contributed by atoms with E-state index in [1.165, 1.54) is 28.6 Å². The third kappa shape index (κ3) is 5.30. The minimum Gasteiger partial charge on any atom is -0.454 e. The van der Waals surface area contributed by atoms with Gasteiger partial charge in [-0.25, -0.2) is 0 Å².